The standard InChI is InChI=1S/C26H24N6O/c1-18(2)32-25-23(17-29-32)22(15-24(30-25)20-7-4-3-5-8-20)26(33)27-16-19-9-11-21(12-10-19)31-14-6-13-28-31/h3-15,17-18H,16H2,1-2H3,(H,27,33). The third-order valence-electron chi connectivity index (χ3n) is 5.53. The number of nitrogens with zero attached hydrogens (tertiary/aromatic N) is 5. The van der Waals surface area contributed by atoms with E-state index in [2.05, 4.69) is 29.4 Å². The monoisotopic (exact) mass is 436 g/mol. The van der Waals surface area contributed by atoms with E-state index in [1.807, 2.05) is 77.6 Å². The molecule has 1 N–H and O–H groups in total. The van der Waals surface area contributed by atoms with Crippen molar-refractivity contribution in [1.29, 1.82) is 0 Å². The lowest BCUT2D eigenvalue weighted by atomic mass is 10.1. The van der Waals surface area contributed by atoms with Crippen molar-refractivity contribution in [3.63, 3.8) is 0 Å². The largest absolute Gasteiger partial charge is 0.348 e. The van der Waals surface area contributed by atoms with Crippen molar-refractivity contribution in [1.82, 2.24) is 29.9 Å². The number of nitrogens with one attached hydrogen (secondary N) is 1. The highest BCUT2D eigenvalue weighted by Gasteiger charge is 2.18. The molecule has 0 saturated heterocycles. The molecule has 0 bridgehead atoms. The zero-order chi connectivity index (χ0) is 22.8. The average Bonchev–Trinajstić information content (AvgIpc) is 3.53. The Morgan fingerprint density at radius 1 is 1.00 bits per heavy atom. The Morgan fingerprint density at radius 3 is 2.48 bits per heavy atom. The molecule has 3 aromatic heterocycles. The summed E-state index contributed by atoms with van der Waals surface area (Å²) in [5.74, 6) is -0.154. The number of pyridine rings is 1. The molecule has 7 nitrogen and oxygen atoms in total. The molecule has 0 spiro atoms. The minimum absolute atomic E-state index is 0.130. The van der Waals surface area contributed by atoms with Crippen LogP contribution < -0.4 is 5.32 Å². The van der Waals surface area contributed by atoms with E-state index in [-0.39, 0.29) is 11.9 Å². The highest BCUT2D eigenvalue weighted by Crippen LogP contribution is 2.26. The first kappa shape index (κ1) is 20.6. The molecule has 0 radical (unpaired) electrons. The van der Waals surface area contributed by atoms with Crippen molar-refractivity contribution in [2.45, 2.75) is 26.4 Å². The summed E-state index contributed by atoms with van der Waals surface area (Å²) in [6.45, 7) is 4.52. The smallest absolute Gasteiger partial charge is 0.252 e. The lowest BCUT2D eigenvalue weighted by Crippen LogP contribution is -2.23. The second kappa shape index (κ2) is 8.70. The summed E-state index contributed by atoms with van der Waals surface area (Å²) in [6.07, 6.45) is 5.37. The van der Waals surface area contributed by atoms with E-state index in [9.17, 15) is 4.79 Å². The zero-order valence-electron chi connectivity index (χ0n) is 18.5. The molecule has 0 saturated carbocycles. The molecule has 7 heteroatoms. The molecule has 0 aliphatic rings. The van der Waals surface area contributed by atoms with Gasteiger partial charge in [-0.2, -0.15) is 10.2 Å². The lowest BCUT2D eigenvalue weighted by Gasteiger charge is -2.11. The van der Waals surface area contributed by atoms with Gasteiger partial charge in [0.25, 0.3) is 5.91 Å². The van der Waals surface area contributed by atoms with Gasteiger partial charge in [0.1, 0.15) is 0 Å². The summed E-state index contributed by atoms with van der Waals surface area (Å²) >= 11 is 0. The topological polar surface area (TPSA) is 77.6 Å². The van der Waals surface area contributed by atoms with E-state index < -0.39 is 0 Å². The van der Waals surface area contributed by atoms with Crippen LogP contribution in [0, 0.1) is 0 Å². The number of carbonyl (C=O) groups excluding carboxylic acids is 1. The summed E-state index contributed by atoms with van der Waals surface area (Å²) in [5.41, 5.74) is 4.96. The van der Waals surface area contributed by atoms with E-state index in [0.717, 1.165) is 27.9 Å². The lowest BCUT2D eigenvalue weighted by molar-refractivity contribution is 0.0952. The normalized spacial score (nSPS) is 11.2. The Kier molecular flexibility index (Phi) is 5.44. The molecule has 0 fully saturated rings. The van der Waals surface area contributed by atoms with Crippen LogP contribution in [-0.4, -0.2) is 30.5 Å². The van der Waals surface area contributed by atoms with Gasteiger partial charge in [0.2, 0.25) is 0 Å². The number of fused-ring (bicyclic) bond motifs is 1. The minimum Gasteiger partial charge on any atom is -0.348 e. The van der Waals surface area contributed by atoms with E-state index in [4.69, 9.17) is 4.98 Å². The number of amides is 1. The average molecular weight is 437 g/mol. The first-order valence-corrected chi connectivity index (χ1v) is 10.9. The predicted molar refractivity (Wildman–Crippen MR) is 128 cm³/mol. The summed E-state index contributed by atoms with van der Waals surface area (Å²) < 4.78 is 3.65. The van der Waals surface area contributed by atoms with Crippen molar-refractivity contribution in [2.75, 3.05) is 0 Å². The van der Waals surface area contributed by atoms with Crippen molar-refractivity contribution in [2.24, 2.45) is 0 Å². The molecule has 2 aromatic carbocycles. The molecule has 33 heavy (non-hydrogen) atoms. The van der Waals surface area contributed by atoms with Crippen LogP contribution in [0.4, 0.5) is 0 Å². The second-order valence-corrected chi connectivity index (χ2v) is 8.14. The Bertz CT molecular complexity index is 1390. The molecular formula is C26H24N6O. The fraction of sp³-hybridized carbons (Fsp3) is 0.154. The van der Waals surface area contributed by atoms with Gasteiger partial charge in [0, 0.05) is 30.5 Å². The second-order valence-electron chi connectivity index (χ2n) is 8.14. The molecular weight excluding hydrogens is 412 g/mol. The molecule has 1 amide bonds. The molecule has 0 aliphatic carbocycles. The van der Waals surface area contributed by atoms with Crippen LogP contribution in [0.5, 0.6) is 0 Å². The number of carbonyl (C=O) groups is 1. The van der Waals surface area contributed by atoms with Crippen LogP contribution >= 0.6 is 0 Å². The van der Waals surface area contributed by atoms with Crippen molar-refractivity contribution in [3.05, 3.63) is 96.4 Å². The first-order valence-electron chi connectivity index (χ1n) is 10.9. The van der Waals surface area contributed by atoms with Gasteiger partial charge in [-0.15, -0.1) is 0 Å². The highest BCUT2D eigenvalue weighted by atomic mass is 16.1. The van der Waals surface area contributed by atoms with Crippen LogP contribution in [0.15, 0.2) is 85.3 Å². The fourth-order valence-electron chi connectivity index (χ4n) is 3.81. The molecule has 164 valence electrons. The van der Waals surface area contributed by atoms with Crippen molar-refractivity contribution in [3.8, 4) is 16.9 Å². The molecule has 5 rings (SSSR count). The summed E-state index contributed by atoms with van der Waals surface area (Å²) in [6, 6.07) is 21.7. The molecule has 3 heterocycles. The van der Waals surface area contributed by atoms with E-state index in [1.165, 1.54) is 0 Å². The Labute approximate surface area is 191 Å². The number of rotatable bonds is 6. The summed E-state index contributed by atoms with van der Waals surface area (Å²) in [5, 5.41) is 12.5. The molecule has 5 aromatic rings. The number of aromatic nitrogens is 5. The van der Waals surface area contributed by atoms with Crippen LogP contribution in [0.1, 0.15) is 35.8 Å². The van der Waals surface area contributed by atoms with E-state index in [0.29, 0.717) is 17.8 Å². The van der Waals surface area contributed by atoms with Gasteiger partial charge in [-0.25, -0.2) is 14.3 Å². The maximum atomic E-state index is 13.3. The maximum absolute atomic E-state index is 13.3. The molecule has 0 aliphatic heterocycles. The maximum Gasteiger partial charge on any atom is 0.252 e. The van der Waals surface area contributed by atoms with Gasteiger partial charge in [-0.3, -0.25) is 4.79 Å². The van der Waals surface area contributed by atoms with Crippen LogP contribution in [-0.2, 0) is 6.54 Å². The van der Waals surface area contributed by atoms with Crippen LogP contribution in [0.25, 0.3) is 28.0 Å². The van der Waals surface area contributed by atoms with Crippen molar-refractivity contribution >= 4 is 16.9 Å². The van der Waals surface area contributed by atoms with E-state index >= 15 is 0 Å². The predicted octanol–water partition coefficient (Wildman–Crippen LogP) is 4.79. The van der Waals surface area contributed by atoms with Crippen molar-refractivity contribution < 1.29 is 4.79 Å². The zero-order valence-corrected chi connectivity index (χ0v) is 18.5. The van der Waals surface area contributed by atoms with Gasteiger partial charge in [0.05, 0.1) is 28.5 Å². The van der Waals surface area contributed by atoms with E-state index in [1.54, 1.807) is 17.1 Å². The number of hydrogen-bond acceptors (Lipinski definition) is 4. The van der Waals surface area contributed by atoms with Gasteiger partial charge >= 0.3 is 0 Å². The quantitative estimate of drug-likeness (QED) is 0.415. The Morgan fingerprint density at radius 2 is 1.79 bits per heavy atom. The highest BCUT2D eigenvalue weighted by molar-refractivity contribution is 6.06. The Hall–Kier alpha value is -4.26. The van der Waals surface area contributed by atoms with Gasteiger partial charge in [-0.05, 0) is 43.7 Å². The number of benzene rings is 2. The third kappa shape index (κ3) is 4.13. The third-order valence-corrected chi connectivity index (χ3v) is 5.53. The molecule has 0 atom stereocenters. The first-order chi connectivity index (χ1) is 16.1. The summed E-state index contributed by atoms with van der Waals surface area (Å²) in [4.78, 5) is 18.1. The minimum atomic E-state index is -0.154. The van der Waals surface area contributed by atoms with Crippen LogP contribution in [0.2, 0.25) is 0 Å². The van der Waals surface area contributed by atoms with Gasteiger partial charge in [-0.1, -0.05) is 42.5 Å². The SMILES string of the molecule is CC(C)n1ncc2c(C(=O)NCc3ccc(-n4cccn4)cc3)cc(-c3ccccc3)nc21. The fourth-order valence-corrected chi connectivity index (χ4v) is 3.81. The summed E-state index contributed by atoms with van der Waals surface area (Å²) in [7, 11) is 0. The molecule has 0 unspecified atom stereocenters. The van der Waals surface area contributed by atoms with Gasteiger partial charge in [0.15, 0.2) is 5.65 Å². The number of hydrogen-bond donors (Lipinski definition) is 1. The van der Waals surface area contributed by atoms with Crippen LogP contribution in [0.3, 0.4) is 0 Å². The van der Waals surface area contributed by atoms with Gasteiger partial charge < -0.3 is 5.32 Å². The Balaban J connectivity index is 1.44.